The van der Waals surface area contributed by atoms with Crippen LogP contribution in [0.1, 0.15) is 40.9 Å². The second-order valence-corrected chi connectivity index (χ2v) is 9.84. The number of aromatic hydroxyl groups is 2. The molecule has 2 heterocycles. The smallest absolute Gasteiger partial charge is 0.255 e. The van der Waals surface area contributed by atoms with Crippen LogP contribution in [-0.2, 0) is 15.1 Å². The molecule has 188 valence electrons. The number of nitrogens with zero attached hydrogens (tertiary/aromatic N) is 2. The second kappa shape index (κ2) is 9.24. The van der Waals surface area contributed by atoms with Crippen molar-refractivity contribution >= 4 is 17.7 Å². The maximum atomic E-state index is 14.0. The Morgan fingerprint density at radius 1 is 0.703 bits per heavy atom. The normalized spacial score (nSPS) is 17.8. The van der Waals surface area contributed by atoms with Crippen molar-refractivity contribution in [3.63, 3.8) is 0 Å². The SMILES string of the molecule is CC(CN1C(=O)C=CC1=O)C(C)CN1C(=O)c2ccccc2C1(c1ccc(O)cc1)c1ccc(O)cc1. The first-order chi connectivity index (χ1) is 17.7. The van der Waals surface area contributed by atoms with E-state index in [1.165, 1.54) is 17.1 Å². The van der Waals surface area contributed by atoms with Crippen LogP contribution in [0.25, 0.3) is 0 Å². The summed E-state index contributed by atoms with van der Waals surface area (Å²) in [5.74, 6) is -0.707. The quantitative estimate of drug-likeness (QED) is 0.481. The van der Waals surface area contributed by atoms with Gasteiger partial charge in [-0.25, -0.2) is 0 Å². The monoisotopic (exact) mass is 496 g/mol. The van der Waals surface area contributed by atoms with Crippen LogP contribution < -0.4 is 0 Å². The Hall–Kier alpha value is -4.39. The number of imide groups is 1. The molecule has 7 nitrogen and oxygen atoms in total. The number of phenolic OH excluding ortho intramolecular Hbond substituents is 2. The Morgan fingerprint density at radius 2 is 1.19 bits per heavy atom. The molecule has 2 aliphatic rings. The van der Waals surface area contributed by atoms with Gasteiger partial charge in [0.05, 0.1) is 0 Å². The molecule has 3 aromatic rings. The maximum Gasteiger partial charge on any atom is 0.255 e. The van der Waals surface area contributed by atoms with Gasteiger partial charge in [0.15, 0.2) is 0 Å². The van der Waals surface area contributed by atoms with Crippen LogP contribution in [0.5, 0.6) is 11.5 Å². The van der Waals surface area contributed by atoms with E-state index in [0.29, 0.717) is 12.1 Å². The summed E-state index contributed by atoms with van der Waals surface area (Å²) in [5.41, 5.74) is 1.97. The molecular weight excluding hydrogens is 468 g/mol. The molecular formula is C30H28N2O5. The summed E-state index contributed by atoms with van der Waals surface area (Å²) in [6.45, 7) is 4.59. The second-order valence-electron chi connectivity index (χ2n) is 9.84. The van der Waals surface area contributed by atoms with Crippen molar-refractivity contribution in [1.29, 1.82) is 0 Å². The van der Waals surface area contributed by atoms with Crippen LogP contribution in [0.15, 0.2) is 84.9 Å². The minimum atomic E-state index is -1.01. The zero-order valence-corrected chi connectivity index (χ0v) is 20.7. The molecule has 2 atom stereocenters. The molecule has 2 N–H and O–H groups in total. The van der Waals surface area contributed by atoms with Gasteiger partial charge in [0.1, 0.15) is 17.0 Å². The van der Waals surface area contributed by atoms with E-state index in [1.807, 2.05) is 67.3 Å². The number of carbonyl (C=O) groups is 3. The lowest BCUT2D eigenvalue weighted by atomic mass is 9.76. The molecule has 0 radical (unpaired) electrons. The molecule has 37 heavy (non-hydrogen) atoms. The largest absolute Gasteiger partial charge is 0.508 e. The Bertz CT molecular complexity index is 1330. The molecule has 2 unspecified atom stereocenters. The fraction of sp³-hybridized carbons (Fsp3) is 0.233. The Kier molecular flexibility index (Phi) is 6.07. The average Bonchev–Trinajstić information content (AvgIpc) is 3.34. The fourth-order valence-corrected chi connectivity index (χ4v) is 5.39. The summed E-state index contributed by atoms with van der Waals surface area (Å²) in [5, 5.41) is 20.0. The summed E-state index contributed by atoms with van der Waals surface area (Å²) >= 11 is 0. The Labute approximate surface area is 215 Å². The molecule has 0 fully saturated rings. The molecule has 2 aliphatic heterocycles. The molecule has 0 aliphatic carbocycles. The van der Waals surface area contributed by atoms with Gasteiger partial charge in [-0.1, -0.05) is 56.3 Å². The third-order valence-electron chi connectivity index (χ3n) is 7.58. The van der Waals surface area contributed by atoms with E-state index in [9.17, 15) is 24.6 Å². The first-order valence-corrected chi connectivity index (χ1v) is 12.3. The number of benzene rings is 3. The van der Waals surface area contributed by atoms with Gasteiger partial charge in [-0.3, -0.25) is 19.3 Å². The van der Waals surface area contributed by atoms with Crippen LogP contribution in [0.3, 0.4) is 0 Å². The molecule has 0 spiro atoms. The number of hydrogen-bond acceptors (Lipinski definition) is 5. The molecule has 3 aromatic carbocycles. The lowest BCUT2D eigenvalue weighted by Gasteiger charge is -2.42. The standard InChI is InChI=1S/C30H28N2O5/c1-19(17-31-27(35)15-16-28(31)36)20(2)18-32-29(37)25-5-3-4-6-26(25)30(32,21-7-11-23(33)12-8-21)22-9-13-24(34)14-10-22/h3-16,19-20,33-34H,17-18H2,1-2H3. The molecule has 7 heteroatoms. The van der Waals surface area contributed by atoms with E-state index >= 15 is 0 Å². The van der Waals surface area contributed by atoms with Crippen molar-refractivity contribution in [2.75, 3.05) is 13.1 Å². The Balaban J connectivity index is 1.61. The maximum absolute atomic E-state index is 14.0. The van der Waals surface area contributed by atoms with Gasteiger partial charge in [-0.2, -0.15) is 0 Å². The topological polar surface area (TPSA) is 98.2 Å². The van der Waals surface area contributed by atoms with E-state index in [1.54, 1.807) is 24.3 Å². The molecule has 5 rings (SSSR count). The van der Waals surface area contributed by atoms with E-state index in [0.717, 1.165) is 16.7 Å². The number of carbonyl (C=O) groups excluding carboxylic acids is 3. The third kappa shape index (κ3) is 3.96. The van der Waals surface area contributed by atoms with Crippen molar-refractivity contribution in [3.05, 3.63) is 107 Å². The number of fused-ring (bicyclic) bond motifs is 1. The van der Waals surface area contributed by atoms with Crippen LogP contribution in [0.2, 0.25) is 0 Å². The molecule has 0 aromatic heterocycles. The lowest BCUT2D eigenvalue weighted by molar-refractivity contribution is -0.137. The first kappa shape index (κ1) is 24.3. The van der Waals surface area contributed by atoms with Gasteiger partial charge in [-0.05, 0) is 58.9 Å². The third-order valence-corrected chi connectivity index (χ3v) is 7.58. The van der Waals surface area contributed by atoms with Crippen LogP contribution >= 0.6 is 0 Å². The highest BCUT2D eigenvalue weighted by Gasteiger charge is 2.52. The summed E-state index contributed by atoms with van der Waals surface area (Å²) in [6.07, 6.45) is 2.56. The predicted octanol–water partition coefficient (Wildman–Crippen LogP) is 4.04. The zero-order valence-electron chi connectivity index (χ0n) is 20.7. The highest BCUT2D eigenvalue weighted by atomic mass is 16.3. The lowest BCUT2D eigenvalue weighted by Crippen LogP contribution is -2.49. The summed E-state index contributed by atoms with van der Waals surface area (Å²) in [7, 11) is 0. The van der Waals surface area contributed by atoms with E-state index in [4.69, 9.17) is 0 Å². The number of hydrogen-bond donors (Lipinski definition) is 2. The highest BCUT2D eigenvalue weighted by molar-refractivity contribution is 6.12. The van der Waals surface area contributed by atoms with Gasteiger partial charge >= 0.3 is 0 Å². The highest BCUT2D eigenvalue weighted by Crippen LogP contribution is 2.50. The minimum absolute atomic E-state index is 0.0759. The molecule has 0 saturated heterocycles. The number of amides is 3. The van der Waals surface area contributed by atoms with Crippen LogP contribution in [-0.4, -0.2) is 50.8 Å². The van der Waals surface area contributed by atoms with Gasteiger partial charge in [0.2, 0.25) is 0 Å². The van der Waals surface area contributed by atoms with Gasteiger partial charge in [-0.15, -0.1) is 0 Å². The van der Waals surface area contributed by atoms with Crippen molar-refractivity contribution in [3.8, 4) is 11.5 Å². The van der Waals surface area contributed by atoms with E-state index < -0.39 is 5.54 Å². The molecule has 0 bridgehead atoms. The predicted molar refractivity (Wildman–Crippen MR) is 138 cm³/mol. The van der Waals surface area contributed by atoms with Crippen molar-refractivity contribution < 1.29 is 24.6 Å². The van der Waals surface area contributed by atoms with Gasteiger partial charge in [0.25, 0.3) is 17.7 Å². The van der Waals surface area contributed by atoms with Gasteiger partial charge in [0, 0.05) is 30.8 Å². The molecule has 0 saturated carbocycles. The summed E-state index contributed by atoms with van der Waals surface area (Å²) in [6, 6.07) is 21.1. The summed E-state index contributed by atoms with van der Waals surface area (Å²) < 4.78 is 0. The fourth-order valence-electron chi connectivity index (χ4n) is 5.39. The number of phenols is 2. The average molecular weight is 497 g/mol. The summed E-state index contributed by atoms with van der Waals surface area (Å²) in [4.78, 5) is 41.3. The van der Waals surface area contributed by atoms with Crippen LogP contribution in [0, 0.1) is 11.8 Å². The zero-order chi connectivity index (χ0) is 26.3. The van der Waals surface area contributed by atoms with Crippen molar-refractivity contribution in [1.82, 2.24) is 9.80 Å². The number of rotatable bonds is 7. The Morgan fingerprint density at radius 3 is 1.73 bits per heavy atom. The van der Waals surface area contributed by atoms with E-state index in [2.05, 4.69) is 0 Å². The van der Waals surface area contributed by atoms with Crippen LogP contribution in [0.4, 0.5) is 0 Å². The molecule has 3 amide bonds. The van der Waals surface area contributed by atoms with Crippen molar-refractivity contribution in [2.45, 2.75) is 19.4 Å². The minimum Gasteiger partial charge on any atom is -0.508 e. The first-order valence-electron chi connectivity index (χ1n) is 12.3. The van der Waals surface area contributed by atoms with Gasteiger partial charge < -0.3 is 15.1 Å². The van der Waals surface area contributed by atoms with E-state index in [-0.39, 0.29) is 47.6 Å². The van der Waals surface area contributed by atoms with Crippen molar-refractivity contribution in [2.24, 2.45) is 11.8 Å².